The number of benzene rings is 2. The monoisotopic (exact) mass is 660 g/mol. The number of rotatable bonds is 2. The molecule has 0 aromatic heterocycles. The van der Waals surface area contributed by atoms with Crippen LogP contribution in [0.15, 0.2) is 51.9 Å². The Morgan fingerprint density at radius 1 is 0.765 bits per heavy atom. The summed E-state index contributed by atoms with van der Waals surface area (Å²) in [5.41, 5.74) is 9.65. The fourth-order valence-corrected chi connectivity index (χ4v) is 18.0. The molecule has 0 unspecified atom stereocenters. The van der Waals surface area contributed by atoms with Crippen molar-refractivity contribution in [3.05, 3.63) is 74.1 Å². The van der Waals surface area contributed by atoms with Gasteiger partial charge in [-0.25, -0.2) is 0 Å². The molecule has 0 atom stereocenters. The smallest absolute Gasteiger partial charge is 1.00 e. The van der Waals surface area contributed by atoms with Gasteiger partial charge in [-0.2, -0.15) is 0 Å². The average molecular weight is 660 g/mol. The van der Waals surface area contributed by atoms with Gasteiger partial charge in [-0.05, 0) is 0 Å². The van der Waals surface area contributed by atoms with Crippen molar-refractivity contribution in [3.63, 3.8) is 0 Å². The van der Waals surface area contributed by atoms with Crippen LogP contribution in [0.2, 0.25) is 0 Å². The van der Waals surface area contributed by atoms with E-state index in [0.717, 1.165) is 6.42 Å². The average Bonchev–Trinajstić information content (AvgIpc) is 3.48. The van der Waals surface area contributed by atoms with Crippen molar-refractivity contribution in [1.29, 1.82) is 0 Å². The molecule has 3 aliphatic rings. The third-order valence-electron chi connectivity index (χ3n) is 7.67. The van der Waals surface area contributed by atoms with Crippen LogP contribution in [0.4, 0.5) is 0 Å². The van der Waals surface area contributed by atoms with Gasteiger partial charge in [-0.15, -0.1) is 0 Å². The Balaban J connectivity index is 0.00000162. The van der Waals surface area contributed by atoms with Crippen LogP contribution >= 0.6 is 0 Å². The van der Waals surface area contributed by atoms with Gasteiger partial charge in [-0.3, -0.25) is 0 Å². The van der Waals surface area contributed by atoms with Crippen LogP contribution in [-0.4, -0.2) is 3.26 Å². The molecule has 0 saturated heterocycles. The Kier molecular flexibility index (Phi) is 8.44. The molecule has 3 heteroatoms. The molecule has 0 N–H and O–H groups in total. The minimum absolute atomic E-state index is 0. The Morgan fingerprint density at radius 2 is 1.41 bits per heavy atom. The second-order valence-corrected chi connectivity index (χ2v) is 21.6. The Bertz CT molecular complexity index is 1180. The number of allylic oxidation sites excluding steroid dienone is 4. The maximum atomic E-state index is 2.68. The van der Waals surface area contributed by atoms with E-state index < -0.39 is 21.0 Å². The summed E-state index contributed by atoms with van der Waals surface area (Å²) < 4.78 is 5.63. The molecule has 2 aromatic rings. The largest absolute Gasteiger partial charge is 1.00 e. The van der Waals surface area contributed by atoms with Gasteiger partial charge in [0.25, 0.3) is 0 Å². The minimum Gasteiger partial charge on any atom is -1.00 e. The fraction of sp³-hybridized carbons (Fsp3) is 0.452. The molecule has 1 fully saturated rings. The second kappa shape index (κ2) is 10.3. The van der Waals surface area contributed by atoms with Gasteiger partial charge < -0.3 is 24.8 Å². The first-order valence-electron chi connectivity index (χ1n) is 12.5. The molecule has 0 radical (unpaired) electrons. The number of fused-ring (bicyclic) bond motifs is 3. The van der Waals surface area contributed by atoms with E-state index in [1.165, 1.54) is 48.8 Å². The van der Waals surface area contributed by atoms with Crippen molar-refractivity contribution in [3.8, 4) is 11.1 Å². The molecule has 180 valence electrons. The van der Waals surface area contributed by atoms with Crippen LogP contribution in [0, 0.1) is 0 Å². The van der Waals surface area contributed by atoms with Crippen molar-refractivity contribution >= 4 is 6.58 Å². The normalized spacial score (nSPS) is 16.3. The predicted molar refractivity (Wildman–Crippen MR) is 137 cm³/mol. The molecule has 0 nitrogen and oxygen atoms in total. The topological polar surface area (TPSA) is 0 Å². The van der Waals surface area contributed by atoms with Crippen molar-refractivity contribution in [1.82, 2.24) is 0 Å². The summed E-state index contributed by atoms with van der Waals surface area (Å²) in [6.07, 6.45) is 15.2. The SMILES string of the molecule is CC(C)(C)c1ccc2c(c1)-c1cc(C(C)(C)C)c[c]([Hf+2]([C]3=CC=CC3)=[C]3CCCC3)c1C2.[Cl-].[Cl-]. The molecule has 0 amide bonds. The van der Waals surface area contributed by atoms with Gasteiger partial charge in [0.1, 0.15) is 0 Å². The maximum absolute atomic E-state index is 2.68. The Labute approximate surface area is 227 Å². The summed E-state index contributed by atoms with van der Waals surface area (Å²) in [5, 5.41) is 0. The molecule has 0 aliphatic heterocycles. The molecular formula is C31H38Cl2Hf. The van der Waals surface area contributed by atoms with Gasteiger partial charge in [0.05, 0.1) is 0 Å². The first-order chi connectivity index (χ1) is 15.1. The first kappa shape index (κ1) is 27.8. The van der Waals surface area contributed by atoms with Crippen LogP contribution in [0.1, 0.15) is 95.9 Å². The van der Waals surface area contributed by atoms with E-state index in [1.807, 2.05) is 9.90 Å². The summed E-state index contributed by atoms with van der Waals surface area (Å²) in [5.74, 6) is 0. The zero-order valence-electron chi connectivity index (χ0n) is 21.6. The first-order valence-corrected chi connectivity index (χ1v) is 17.9. The zero-order chi connectivity index (χ0) is 22.7. The summed E-state index contributed by atoms with van der Waals surface area (Å²) >= 11 is -2.27. The maximum Gasteiger partial charge on any atom is -1.00 e. The number of hydrogen-bond acceptors (Lipinski definition) is 0. The second-order valence-electron chi connectivity index (χ2n) is 12.1. The van der Waals surface area contributed by atoms with Gasteiger partial charge in [-0.1, -0.05) is 0 Å². The zero-order valence-corrected chi connectivity index (χ0v) is 26.7. The molecule has 1 saturated carbocycles. The molecule has 0 spiro atoms. The third kappa shape index (κ3) is 5.18. The predicted octanol–water partition coefficient (Wildman–Crippen LogP) is 1.69. The van der Waals surface area contributed by atoms with Crippen molar-refractivity contribution in [2.75, 3.05) is 0 Å². The Hall–Kier alpha value is -0.760. The Morgan fingerprint density at radius 3 is 2.00 bits per heavy atom. The molecule has 2 aromatic carbocycles. The van der Waals surface area contributed by atoms with Gasteiger partial charge in [0.2, 0.25) is 0 Å². The van der Waals surface area contributed by atoms with Crippen LogP contribution in [0.3, 0.4) is 0 Å². The summed E-state index contributed by atoms with van der Waals surface area (Å²) in [6.45, 7) is 14.2. The van der Waals surface area contributed by atoms with E-state index in [4.69, 9.17) is 0 Å². The van der Waals surface area contributed by atoms with Crippen LogP contribution in [-0.2, 0) is 38.2 Å². The molecule has 3 aliphatic carbocycles. The summed E-state index contributed by atoms with van der Waals surface area (Å²) in [6, 6.07) is 12.6. The van der Waals surface area contributed by atoms with E-state index in [1.54, 1.807) is 16.7 Å². The molecule has 0 bridgehead atoms. The van der Waals surface area contributed by atoms with Crippen LogP contribution in [0.25, 0.3) is 11.1 Å². The molecular weight excluding hydrogens is 622 g/mol. The van der Waals surface area contributed by atoms with Crippen molar-refractivity contribution < 1.29 is 45.8 Å². The van der Waals surface area contributed by atoms with Gasteiger partial charge >= 0.3 is 204 Å². The van der Waals surface area contributed by atoms with E-state index in [9.17, 15) is 0 Å². The summed E-state index contributed by atoms with van der Waals surface area (Å²) in [4.78, 5) is 0. The van der Waals surface area contributed by atoms with E-state index in [0.29, 0.717) is 0 Å². The molecule has 34 heavy (non-hydrogen) atoms. The van der Waals surface area contributed by atoms with Gasteiger partial charge in [0, 0.05) is 0 Å². The molecule has 5 rings (SSSR count). The van der Waals surface area contributed by atoms with Crippen molar-refractivity contribution in [2.45, 2.75) is 90.9 Å². The van der Waals surface area contributed by atoms with E-state index in [-0.39, 0.29) is 35.6 Å². The summed E-state index contributed by atoms with van der Waals surface area (Å²) in [7, 11) is 0. The number of halogens is 2. The van der Waals surface area contributed by atoms with Crippen molar-refractivity contribution in [2.24, 2.45) is 0 Å². The molecule has 0 heterocycles. The quantitative estimate of drug-likeness (QED) is 0.368. The fourth-order valence-electron chi connectivity index (χ4n) is 5.67. The standard InChI is InChI=1S/C21H25.C5H8.C5H5.2ClH.Hf/c1-20(2,3)16-9-7-14-11-15-8-10-17(21(4,5)6)13-19(15)18(14)12-16;2*1-2-4-5-3-1;;;/h7,9-10,12-13H,11H2,1-6H3;1-4H2;1-3H,4H2;2*1H;/q;;;;;+2/p-2. The van der Waals surface area contributed by atoms with Gasteiger partial charge in [0.15, 0.2) is 0 Å². The third-order valence-corrected chi connectivity index (χ3v) is 19.2. The minimum atomic E-state index is -2.27. The number of hydrogen-bond donors (Lipinski definition) is 0. The van der Waals surface area contributed by atoms with E-state index in [2.05, 4.69) is 90.1 Å². The van der Waals surface area contributed by atoms with E-state index >= 15 is 0 Å². The van der Waals surface area contributed by atoms with Crippen LogP contribution in [0.5, 0.6) is 0 Å². The van der Waals surface area contributed by atoms with Crippen LogP contribution < -0.4 is 28.1 Å².